The number of aromatic nitrogens is 3. The fourth-order valence-electron chi connectivity index (χ4n) is 4.43. The van der Waals surface area contributed by atoms with Crippen molar-refractivity contribution in [1.82, 2.24) is 19.9 Å². The van der Waals surface area contributed by atoms with Gasteiger partial charge in [-0.1, -0.05) is 26.0 Å². The van der Waals surface area contributed by atoms with Gasteiger partial charge < -0.3 is 20.3 Å². The fourth-order valence-corrected chi connectivity index (χ4v) is 5.49. The number of likely N-dealkylation sites (tertiary alicyclic amines) is 1. The summed E-state index contributed by atoms with van der Waals surface area (Å²) in [4.78, 5) is 17.8. The van der Waals surface area contributed by atoms with Crippen molar-refractivity contribution >= 4 is 28.7 Å². The minimum atomic E-state index is 0.324. The maximum absolute atomic E-state index is 5.45. The first-order valence-corrected chi connectivity index (χ1v) is 13.7. The van der Waals surface area contributed by atoms with Crippen LogP contribution in [0.3, 0.4) is 0 Å². The number of anilines is 3. The Labute approximate surface area is 223 Å². The van der Waals surface area contributed by atoms with Gasteiger partial charge in [-0.05, 0) is 68.4 Å². The van der Waals surface area contributed by atoms with Gasteiger partial charge in [0.25, 0.3) is 0 Å². The first-order valence-electron chi connectivity index (χ1n) is 12.9. The summed E-state index contributed by atoms with van der Waals surface area (Å²) >= 11 is 1.68. The van der Waals surface area contributed by atoms with Gasteiger partial charge in [-0.2, -0.15) is 0 Å². The van der Waals surface area contributed by atoms with Gasteiger partial charge in [-0.25, -0.2) is 15.0 Å². The quantitative estimate of drug-likeness (QED) is 0.245. The minimum Gasteiger partial charge on any atom is -0.497 e. The number of benzene rings is 2. The van der Waals surface area contributed by atoms with Crippen LogP contribution in [-0.4, -0.2) is 53.1 Å². The molecule has 8 heteroatoms. The second-order valence-corrected chi connectivity index (χ2v) is 10.6. The molecular formula is C29H34N6OS. The molecule has 2 aromatic heterocycles. The summed E-state index contributed by atoms with van der Waals surface area (Å²) in [7, 11) is 1.68. The van der Waals surface area contributed by atoms with Crippen LogP contribution < -0.4 is 15.4 Å². The van der Waals surface area contributed by atoms with Crippen molar-refractivity contribution < 1.29 is 4.74 Å². The molecule has 5 rings (SSSR count). The Kier molecular flexibility index (Phi) is 7.96. The highest BCUT2D eigenvalue weighted by atomic mass is 32.1. The van der Waals surface area contributed by atoms with Crippen molar-refractivity contribution in [2.75, 3.05) is 43.9 Å². The zero-order chi connectivity index (χ0) is 25.6. The van der Waals surface area contributed by atoms with Gasteiger partial charge in [0.15, 0.2) is 0 Å². The highest BCUT2D eigenvalue weighted by Crippen LogP contribution is 2.39. The van der Waals surface area contributed by atoms with E-state index >= 15 is 0 Å². The third-order valence-corrected chi connectivity index (χ3v) is 7.84. The molecule has 3 heterocycles. The first kappa shape index (κ1) is 25.2. The second-order valence-electron chi connectivity index (χ2n) is 9.56. The molecule has 0 saturated carbocycles. The molecule has 1 saturated heterocycles. The number of rotatable bonds is 10. The Balaban J connectivity index is 1.32. The predicted molar refractivity (Wildman–Crippen MR) is 153 cm³/mol. The number of methoxy groups -OCH3 is 1. The maximum Gasteiger partial charge on any atom is 0.227 e. The fraction of sp³-hybridized carbons (Fsp3) is 0.345. The first-order chi connectivity index (χ1) is 18.1. The van der Waals surface area contributed by atoms with E-state index in [1.54, 1.807) is 24.6 Å². The van der Waals surface area contributed by atoms with Crippen LogP contribution in [0.4, 0.5) is 17.3 Å². The minimum absolute atomic E-state index is 0.324. The molecule has 0 unspecified atom stereocenters. The van der Waals surface area contributed by atoms with Crippen molar-refractivity contribution in [2.24, 2.45) is 0 Å². The third-order valence-electron chi connectivity index (χ3n) is 6.47. The zero-order valence-corrected chi connectivity index (χ0v) is 22.5. The number of nitrogens with one attached hydrogen (secondary N) is 2. The number of hydrogen-bond donors (Lipinski definition) is 2. The van der Waals surface area contributed by atoms with E-state index in [-0.39, 0.29) is 0 Å². The van der Waals surface area contributed by atoms with Gasteiger partial charge in [0.2, 0.25) is 5.95 Å². The van der Waals surface area contributed by atoms with Crippen molar-refractivity contribution in [1.29, 1.82) is 0 Å². The molecule has 2 aromatic carbocycles. The smallest absolute Gasteiger partial charge is 0.227 e. The van der Waals surface area contributed by atoms with Crippen LogP contribution in [-0.2, 0) is 0 Å². The molecule has 1 aliphatic heterocycles. The molecule has 1 fully saturated rings. The van der Waals surface area contributed by atoms with Crippen LogP contribution in [0.5, 0.6) is 5.75 Å². The molecule has 0 bridgehead atoms. The van der Waals surface area contributed by atoms with E-state index in [0.717, 1.165) is 57.0 Å². The van der Waals surface area contributed by atoms with Crippen molar-refractivity contribution in [3.8, 4) is 27.6 Å². The lowest BCUT2D eigenvalue weighted by Crippen LogP contribution is -2.25. The molecule has 37 heavy (non-hydrogen) atoms. The van der Waals surface area contributed by atoms with Crippen molar-refractivity contribution in [3.05, 3.63) is 65.8 Å². The number of thiazole rings is 1. The summed E-state index contributed by atoms with van der Waals surface area (Å²) in [5.74, 6) is 1.69. The van der Waals surface area contributed by atoms with Gasteiger partial charge in [0, 0.05) is 42.1 Å². The second kappa shape index (κ2) is 11.7. The van der Waals surface area contributed by atoms with Crippen LogP contribution in [0.2, 0.25) is 0 Å². The summed E-state index contributed by atoms with van der Waals surface area (Å²) in [6, 6.07) is 18.3. The summed E-state index contributed by atoms with van der Waals surface area (Å²) in [5, 5.41) is 7.95. The largest absolute Gasteiger partial charge is 0.497 e. The summed E-state index contributed by atoms with van der Waals surface area (Å²) in [6.07, 6.45) is 4.45. The maximum atomic E-state index is 5.45. The van der Waals surface area contributed by atoms with E-state index in [0.29, 0.717) is 11.9 Å². The number of hydrogen-bond acceptors (Lipinski definition) is 8. The Hall–Kier alpha value is -3.49. The van der Waals surface area contributed by atoms with E-state index in [2.05, 4.69) is 64.7 Å². The third kappa shape index (κ3) is 6.26. The van der Waals surface area contributed by atoms with Gasteiger partial charge in [-0.3, -0.25) is 0 Å². The monoisotopic (exact) mass is 514 g/mol. The molecule has 0 spiro atoms. The Morgan fingerprint density at radius 1 is 1.00 bits per heavy atom. The van der Waals surface area contributed by atoms with Crippen LogP contribution in [0.1, 0.15) is 37.6 Å². The molecule has 0 amide bonds. The van der Waals surface area contributed by atoms with Gasteiger partial charge in [-0.15, -0.1) is 11.3 Å². The summed E-state index contributed by atoms with van der Waals surface area (Å²) in [6.45, 7) is 8.83. The lowest BCUT2D eigenvalue weighted by Gasteiger charge is -2.15. The average Bonchev–Trinajstić information content (AvgIpc) is 3.61. The normalized spacial score (nSPS) is 13.7. The number of ether oxygens (including phenoxy) is 1. The topological polar surface area (TPSA) is 75.2 Å². The molecule has 192 valence electrons. The van der Waals surface area contributed by atoms with Gasteiger partial charge in [0.05, 0.1) is 28.4 Å². The van der Waals surface area contributed by atoms with E-state index in [1.807, 2.05) is 24.3 Å². The molecule has 0 radical (unpaired) electrons. The lowest BCUT2D eigenvalue weighted by molar-refractivity contribution is 0.352. The van der Waals surface area contributed by atoms with Crippen LogP contribution in [0.25, 0.3) is 21.8 Å². The highest BCUT2D eigenvalue weighted by Gasteiger charge is 2.19. The molecule has 7 nitrogen and oxygen atoms in total. The number of nitrogens with zero attached hydrogens (tertiary/aromatic N) is 4. The van der Waals surface area contributed by atoms with Crippen molar-refractivity contribution in [3.63, 3.8) is 0 Å². The van der Waals surface area contributed by atoms with Crippen LogP contribution >= 0.6 is 11.3 Å². The molecule has 0 aliphatic carbocycles. The lowest BCUT2D eigenvalue weighted by atomic mass is 10.1. The predicted octanol–water partition coefficient (Wildman–Crippen LogP) is 6.65. The average molecular weight is 515 g/mol. The summed E-state index contributed by atoms with van der Waals surface area (Å²) < 4.78 is 5.45. The SMILES string of the molecule is COc1cccc(-c2nc(C(C)C)sc2-c2ccnc(Nc3ccc(NCCN4CCCC4)cc3)n2)c1. The Bertz CT molecular complexity index is 1310. The van der Waals surface area contributed by atoms with Gasteiger partial charge in [0.1, 0.15) is 5.75 Å². The van der Waals surface area contributed by atoms with Crippen LogP contribution in [0, 0.1) is 0 Å². The molecule has 2 N–H and O–H groups in total. The zero-order valence-electron chi connectivity index (χ0n) is 21.7. The van der Waals surface area contributed by atoms with E-state index < -0.39 is 0 Å². The van der Waals surface area contributed by atoms with Crippen LogP contribution in [0.15, 0.2) is 60.8 Å². The standard InChI is InChI=1S/C29H34N6OS/c1-20(2)28-34-26(21-7-6-8-24(19-21)36-3)27(37-28)25-13-14-31-29(33-25)32-23-11-9-22(10-12-23)30-15-18-35-16-4-5-17-35/h6-14,19-20,30H,4-5,15-18H2,1-3H3,(H,31,32,33). The van der Waals surface area contributed by atoms with E-state index in [4.69, 9.17) is 14.7 Å². The molecule has 1 aliphatic rings. The summed E-state index contributed by atoms with van der Waals surface area (Å²) in [5.41, 5.74) is 4.84. The van der Waals surface area contributed by atoms with E-state index in [9.17, 15) is 0 Å². The highest BCUT2D eigenvalue weighted by molar-refractivity contribution is 7.15. The molecule has 0 atom stereocenters. The molecule has 4 aromatic rings. The Morgan fingerprint density at radius 3 is 2.54 bits per heavy atom. The van der Waals surface area contributed by atoms with Gasteiger partial charge >= 0.3 is 0 Å². The van der Waals surface area contributed by atoms with E-state index in [1.165, 1.54) is 25.9 Å². The van der Waals surface area contributed by atoms with Crippen molar-refractivity contribution in [2.45, 2.75) is 32.6 Å². The Morgan fingerprint density at radius 2 is 1.78 bits per heavy atom. The molecular weight excluding hydrogens is 480 g/mol.